The molecule has 0 aliphatic carbocycles. The van der Waals surface area contributed by atoms with Crippen molar-refractivity contribution >= 4 is 35.0 Å². The first-order chi connectivity index (χ1) is 20.6. The van der Waals surface area contributed by atoms with Crippen molar-refractivity contribution in [1.29, 1.82) is 0 Å². The second-order valence-corrected chi connectivity index (χ2v) is 10.9. The normalized spacial score (nSPS) is 17.3. The van der Waals surface area contributed by atoms with Crippen LogP contribution in [0.4, 0.5) is 14.5 Å². The molecule has 2 aliphatic rings. The van der Waals surface area contributed by atoms with Gasteiger partial charge in [0.1, 0.15) is 0 Å². The summed E-state index contributed by atoms with van der Waals surface area (Å²) in [6.07, 6.45) is 1.53. The first-order valence-electron chi connectivity index (χ1n) is 13.7. The maximum atomic E-state index is 14.6. The molecule has 14 heteroatoms. The summed E-state index contributed by atoms with van der Waals surface area (Å²) in [5, 5.41) is 12.5. The largest absolute Gasteiger partial charge is 0.494 e. The number of methoxy groups -OCH3 is 1. The molecule has 3 aromatic rings. The number of hydrogen-bond acceptors (Lipinski definition) is 7. The van der Waals surface area contributed by atoms with Crippen LogP contribution in [0, 0.1) is 11.6 Å². The number of benzene rings is 2. The van der Waals surface area contributed by atoms with E-state index in [1.165, 1.54) is 55.3 Å². The lowest BCUT2D eigenvalue weighted by Crippen LogP contribution is -2.52. The molecule has 2 saturated heterocycles. The molecule has 2 fully saturated rings. The molecule has 11 nitrogen and oxygen atoms in total. The number of halogens is 3. The van der Waals surface area contributed by atoms with E-state index in [0.717, 1.165) is 0 Å². The third-order valence-electron chi connectivity index (χ3n) is 7.72. The summed E-state index contributed by atoms with van der Waals surface area (Å²) in [5.41, 5.74) is 0.650. The van der Waals surface area contributed by atoms with E-state index < -0.39 is 23.6 Å². The van der Waals surface area contributed by atoms with Crippen molar-refractivity contribution in [2.24, 2.45) is 7.05 Å². The number of likely N-dealkylation sites (tertiary alicyclic amines) is 1. The average molecular weight is 617 g/mol. The van der Waals surface area contributed by atoms with Gasteiger partial charge in [0.2, 0.25) is 11.7 Å². The van der Waals surface area contributed by atoms with Gasteiger partial charge in [-0.2, -0.15) is 4.39 Å². The molecule has 2 aromatic carbocycles. The fourth-order valence-corrected chi connectivity index (χ4v) is 5.55. The summed E-state index contributed by atoms with van der Waals surface area (Å²) in [7, 11) is 2.73. The van der Waals surface area contributed by atoms with Crippen LogP contribution in [0.25, 0.3) is 11.3 Å². The van der Waals surface area contributed by atoms with Gasteiger partial charge >= 0.3 is 0 Å². The second kappa shape index (κ2) is 12.7. The molecule has 0 radical (unpaired) electrons. The Labute approximate surface area is 251 Å². The van der Waals surface area contributed by atoms with E-state index in [0.29, 0.717) is 51.4 Å². The monoisotopic (exact) mass is 616 g/mol. The topological polar surface area (TPSA) is 120 Å². The van der Waals surface area contributed by atoms with Crippen LogP contribution in [0.1, 0.15) is 27.4 Å². The number of rotatable bonds is 7. The molecule has 0 saturated carbocycles. The van der Waals surface area contributed by atoms with Crippen molar-refractivity contribution < 1.29 is 33.0 Å². The molecule has 228 valence electrons. The van der Waals surface area contributed by atoms with Crippen LogP contribution >= 0.6 is 11.6 Å². The maximum Gasteiger partial charge on any atom is 0.291 e. The molecule has 1 atom stereocenters. The standard InChI is InChI=1S/C29H31ClF2N6O5/c1-35-22(20-5-6-23(43-2)26(32)25(20)31)14-33-27(35)28(41)34-17-3-4-19(21(30)13-17)29(42)38-11-9-37(10-12-38)24(40)16-36-8-7-18(39)15-36/h3-6,13-14,18,39H,7-12,15-16H2,1-2H3,(H,34,41). The van der Waals surface area contributed by atoms with Gasteiger partial charge in [-0.1, -0.05) is 11.6 Å². The molecule has 0 bridgehead atoms. The van der Waals surface area contributed by atoms with Crippen molar-refractivity contribution in [3.8, 4) is 17.0 Å². The van der Waals surface area contributed by atoms with Crippen molar-refractivity contribution in [3.63, 3.8) is 0 Å². The molecule has 3 heterocycles. The number of amides is 3. The Morgan fingerprint density at radius 3 is 2.44 bits per heavy atom. The predicted molar refractivity (Wildman–Crippen MR) is 154 cm³/mol. The van der Waals surface area contributed by atoms with Crippen molar-refractivity contribution in [1.82, 2.24) is 24.3 Å². The average Bonchev–Trinajstić information content (AvgIpc) is 3.58. The van der Waals surface area contributed by atoms with Crippen LogP contribution in [0.15, 0.2) is 36.5 Å². The summed E-state index contributed by atoms with van der Waals surface area (Å²) in [4.78, 5) is 48.1. The van der Waals surface area contributed by atoms with Gasteiger partial charge in [-0.25, -0.2) is 9.37 Å². The van der Waals surface area contributed by atoms with E-state index in [2.05, 4.69) is 10.3 Å². The Balaban J connectivity index is 1.20. The molecular formula is C29H31ClF2N6O5. The van der Waals surface area contributed by atoms with Gasteiger partial charge in [0.25, 0.3) is 11.8 Å². The van der Waals surface area contributed by atoms with Crippen molar-refractivity contribution in [2.45, 2.75) is 12.5 Å². The molecule has 2 N–H and O–H groups in total. The van der Waals surface area contributed by atoms with Gasteiger partial charge in [-0.3, -0.25) is 19.3 Å². The third kappa shape index (κ3) is 6.33. The fourth-order valence-electron chi connectivity index (χ4n) is 5.29. The Kier molecular flexibility index (Phi) is 8.95. The first kappa shape index (κ1) is 30.4. The summed E-state index contributed by atoms with van der Waals surface area (Å²) in [6, 6.07) is 7.11. The van der Waals surface area contributed by atoms with Crippen LogP contribution in [-0.4, -0.2) is 106 Å². The van der Waals surface area contributed by atoms with E-state index in [4.69, 9.17) is 16.3 Å². The highest BCUT2D eigenvalue weighted by molar-refractivity contribution is 6.34. The number of anilines is 1. The number of imidazole rings is 1. The van der Waals surface area contributed by atoms with Crippen molar-refractivity contribution in [2.75, 3.05) is 58.2 Å². The number of β-amino-alcohol motifs (C(OH)–C–C–N with tert-alkyl or cyclic N) is 1. The summed E-state index contributed by atoms with van der Waals surface area (Å²) in [5.74, 6) is -3.52. The Morgan fingerprint density at radius 1 is 1.07 bits per heavy atom. The SMILES string of the molecule is COc1ccc(-c2cnc(C(=O)Nc3ccc(C(=O)N4CCN(C(=O)CN5CCC(O)C5)CC4)c(Cl)c3)n2C)c(F)c1F. The number of aromatic nitrogens is 2. The third-order valence-corrected chi connectivity index (χ3v) is 8.03. The predicted octanol–water partition coefficient (Wildman–Crippen LogP) is 2.63. The highest BCUT2D eigenvalue weighted by atomic mass is 35.5. The first-order valence-corrected chi connectivity index (χ1v) is 14.1. The Bertz CT molecular complexity index is 1560. The minimum Gasteiger partial charge on any atom is -0.494 e. The molecule has 3 amide bonds. The molecule has 0 spiro atoms. The highest BCUT2D eigenvalue weighted by Gasteiger charge is 2.29. The Hall–Kier alpha value is -4.07. The van der Waals surface area contributed by atoms with Gasteiger partial charge in [-0.15, -0.1) is 0 Å². The van der Waals surface area contributed by atoms with Gasteiger partial charge in [-0.05, 0) is 36.8 Å². The number of hydrogen-bond donors (Lipinski definition) is 2. The van der Waals surface area contributed by atoms with E-state index >= 15 is 0 Å². The van der Waals surface area contributed by atoms with E-state index in [1.807, 2.05) is 4.90 Å². The molecule has 1 aromatic heterocycles. The van der Waals surface area contributed by atoms with Crippen LogP contribution in [0.5, 0.6) is 5.75 Å². The van der Waals surface area contributed by atoms with Gasteiger partial charge < -0.3 is 29.5 Å². The summed E-state index contributed by atoms with van der Waals surface area (Å²) < 4.78 is 35.0. The smallest absolute Gasteiger partial charge is 0.291 e. The van der Waals surface area contributed by atoms with E-state index in [-0.39, 0.29) is 51.8 Å². The number of aliphatic hydroxyl groups is 1. The number of ether oxygens (including phenoxy) is 1. The molecule has 5 rings (SSSR count). The highest BCUT2D eigenvalue weighted by Crippen LogP contribution is 2.30. The minimum atomic E-state index is -1.15. The van der Waals surface area contributed by atoms with Crippen LogP contribution in [0.2, 0.25) is 5.02 Å². The zero-order chi connectivity index (χ0) is 30.8. The lowest BCUT2D eigenvalue weighted by Gasteiger charge is -2.35. The Morgan fingerprint density at radius 2 is 1.79 bits per heavy atom. The minimum absolute atomic E-state index is 0.0274. The van der Waals surface area contributed by atoms with E-state index in [1.54, 1.807) is 9.80 Å². The quantitative estimate of drug-likeness (QED) is 0.419. The number of nitrogens with zero attached hydrogens (tertiary/aromatic N) is 5. The molecule has 2 aliphatic heterocycles. The summed E-state index contributed by atoms with van der Waals surface area (Å²) >= 11 is 6.43. The number of piperazine rings is 1. The zero-order valence-electron chi connectivity index (χ0n) is 23.6. The molecule has 1 unspecified atom stereocenters. The molecular weight excluding hydrogens is 586 g/mol. The van der Waals surface area contributed by atoms with Crippen LogP contribution in [-0.2, 0) is 11.8 Å². The lowest BCUT2D eigenvalue weighted by atomic mass is 10.1. The van der Waals surface area contributed by atoms with Crippen LogP contribution < -0.4 is 10.1 Å². The van der Waals surface area contributed by atoms with Gasteiger partial charge in [0, 0.05) is 57.6 Å². The van der Waals surface area contributed by atoms with E-state index in [9.17, 15) is 28.3 Å². The summed E-state index contributed by atoms with van der Waals surface area (Å²) in [6.45, 7) is 2.92. The lowest BCUT2D eigenvalue weighted by molar-refractivity contribution is -0.133. The van der Waals surface area contributed by atoms with Gasteiger partial charge in [0.15, 0.2) is 17.4 Å². The number of carbonyl (C=O) groups excluding carboxylic acids is 3. The zero-order valence-corrected chi connectivity index (χ0v) is 24.4. The van der Waals surface area contributed by atoms with Gasteiger partial charge in [0.05, 0.1) is 42.2 Å². The number of carbonyl (C=O) groups is 3. The second-order valence-electron chi connectivity index (χ2n) is 10.5. The number of aliphatic hydroxyl groups excluding tert-OH is 1. The maximum absolute atomic E-state index is 14.6. The fraction of sp³-hybridized carbons (Fsp3) is 0.379. The number of nitrogens with one attached hydrogen (secondary N) is 1. The van der Waals surface area contributed by atoms with Crippen LogP contribution in [0.3, 0.4) is 0 Å². The molecule has 43 heavy (non-hydrogen) atoms. The van der Waals surface area contributed by atoms with Crippen molar-refractivity contribution in [3.05, 3.63) is 64.6 Å².